The Balaban J connectivity index is 0.00000341. The molecular formula is C22H34IN7O. The van der Waals surface area contributed by atoms with Crippen LogP contribution < -0.4 is 10.6 Å². The van der Waals surface area contributed by atoms with Crippen molar-refractivity contribution in [3.05, 3.63) is 41.3 Å². The Labute approximate surface area is 201 Å². The lowest BCUT2D eigenvalue weighted by atomic mass is 9.93. The number of rotatable bonds is 6. The minimum absolute atomic E-state index is 0. The number of likely N-dealkylation sites (tertiary alicyclic amines) is 1. The van der Waals surface area contributed by atoms with E-state index in [1.165, 1.54) is 0 Å². The van der Waals surface area contributed by atoms with Gasteiger partial charge in [-0.25, -0.2) is 14.7 Å². The fraction of sp³-hybridized carbons (Fsp3) is 0.545. The summed E-state index contributed by atoms with van der Waals surface area (Å²) in [5.41, 5.74) is 3.11. The van der Waals surface area contributed by atoms with Gasteiger partial charge in [-0.3, -0.25) is 4.79 Å². The van der Waals surface area contributed by atoms with Gasteiger partial charge in [0.15, 0.2) is 11.8 Å². The van der Waals surface area contributed by atoms with E-state index in [9.17, 15) is 4.79 Å². The predicted molar refractivity (Wildman–Crippen MR) is 134 cm³/mol. The molecule has 0 spiro atoms. The van der Waals surface area contributed by atoms with Crippen LogP contribution in [0.3, 0.4) is 0 Å². The van der Waals surface area contributed by atoms with Crippen LogP contribution in [0.4, 0.5) is 0 Å². The molecule has 31 heavy (non-hydrogen) atoms. The van der Waals surface area contributed by atoms with E-state index in [0.717, 1.165) is 61.2 Å². The zero-order valence-electron chi connectivity index (χ0n) is 18.9. The SMILES string of the molecule is CCNC(=NCc1ccc(-n2nc(C)cc2C)nc1)N1CCC(CC(=O)NC)CC1.I. The number of hydrogen-bond donors (Lipinski definition) is 2. The van der Waals surface area contributed by atoms with Crippen LogP contribution in [0.1, 0.15) is 43.1 Å². The second kappa shape index (κ2) is 12.0. The van der Waals surface area contributed by atoms with Crippen molar-refractivity contribution in [3.63, 3.8) is 0 Å². The average molecular weight is 539 g/mol. The third kappa shape index (κ3) is 6.91. The molecule has 2 aromatic rings. The van der Waals surface area contributed by atoms with Crippen LogP contribution in [-0.4, -0.2) is 58.2 Å². The topological polar surface area (TPSA) is 87.4 Å². The third-order valence-corrected chi connectivity index (χ3v) is 5.45. The fourth-order valence-corrected chi connectivity index (χ4v) is 3.80. The summed E-state index contributed by atoms with van der Waals surface area (Å²) in [4.78, 5) is 23.3. The van der Waals surface area contributed by atoms with Crippen molar-refractivity contribution in [2.45, 2.75) is 46.6 Å². The minimum atomic E-state index is 0. The van der Waals surface area contributed by atoms with Gasteiger partial charge in [0.2, 0.25) is 5.91 Å². The summed E-state index contributed by atoms with van der Waals surface area (Å²) < 4.78 is 1.86. The van der Waals surface area contributed by atoms with Crippen LogP contribution in [-0.2, 0) is 11.3 Å². The smallest absolute Gasteiger partial charge is 0.220 e. The number of amides is 1. The molecule has 3 heterocycles. The zero-order valence-corrected chi connectivity index (χ0v) is 21.2. The number of piperidine rings is 1. The van der Waals surface area contributed by atoms with E-state index in [0.29, 0.717) is 18.9 Å². The van der Waals surface area contributed by atoms with Gasteiger partial charge >= 0.3 is 0 Å². The number of guanidine groups is 1. The molecule has 8 nitrogen and oxygen atoms in total. The number of carbonyl (C=O) groups is 1. The molecule has 0 aliphatic carbocycles. The lowest BCUT2D eigenvalue weighted by Gasteiger charge is -2.34. The van der Waals surface area contributed by atoms with Gasteiger partial charge in [-0.05, 0) is 57.2 Å². The first-order valence-electron chi connectivity index (χ1n) is 10.7. The van der Waals surface area contributed by atoms with Crippen LogP contribution in [0, 0.1) is 19.8 Å². The summed E-state index contributed by atoms with van der Waals surface area (Å²) in [5, 5.41) is 10.6. The van der Waals surface area contributed by atoms with Gasteiger partial charge in [0.05, 0.1) is 12.2 Å². The number of nitrogens with zero attached hydrogens (tertiary/aromatic N) is 5. The number of aromatic nitrogens is 3. The largest absolute Gasteiger partial charge is 0.359 e. The fourth-order valence-electron chi connectivity index (χ4n) is 3.80. The summed E-state index contributed by atoms with van der Waals surface area (Å²) in [6.45, 7) is 9.33. The number of nitrogens with one attached hydrogen (secondary N) is 2. The minimum Gasteiger partial charge on any atom is -0.359 e. The van der Waals surface area contributed by atoms with E-state index in [2.05, 4.69) is 38.6 Å². The summed E-state index contributed by atoms with van der Waals surface area (Å²) in [5.74, 6) is 2.33. The molecule has 170 valence electrons. The molecule has 3 rings (SSSR count). The molecule has 0 saturated carbocycles. The van der Waals surface area contributed by atoms with E-state index in [1.807, 2.05) is 36.9 Å². The Kier molecular flexibility index (Phi) is 9.73. The summed E-state index contributed by atoms with van der Waals surface area (Å²) in [6.07, 6.45) is 4.51. The van der Waals surface area contributed by atoms with Crippen molar-refractivity contribution in [1.82, 2.24) is 30.3 Å². The van der Waals surface area contributed by atoms with Crippen molar-refractivity contribution in [2.24, 2.45) is 10.9 Å². The van der Waals surface area contributed by atoms with Gasteiger partial charge < -0.3 is 15.5 Å². The molecule has 1 saturated heterocycles. The third-order valence-electron chi connectivity index (χ3n) is 5.45. The van der Waals surface area contributed by atoms with E-state index < -0.39 is 0 Å². The van der Waals surface area contributed by atoms with Gasteiger partial charge in [-0.15, -0.1) is 24.0 Å². The van der Waals surface area contributed by atoms with Crippen LogP contribution in [0.25, 0.3) is 5.82 Å². The quantitative estimate of drug-likeness (QED) is 0.335. The first-order chi connectivity index (χ1) is 14.5. The van der Waals surface area contributed by atoms with E-state index >= 15 is 0 Å². The molecule has 0 aromatic carbocycles. The molecule has 1 fully saturated rings. The molecule has 0 bridgehead atoms. The highest BCUT2D eigenvalue weighted by Crippen LogP contribution is 2.20. The maximum atomic E-state index is 11.6. The van der Waals surface area contributed by atoms with Crippen LogP contribution in [0.2, 0.25) is 0 Å². The monoisotopic (exact) mass is 539 g/mol. The lowest BCUT2D eigenvalue weighted by molar-refractivity contribution is -0.121. The molecule has 2 aromatic heterocycles. The van der Waals surface area contributed by atoms with Crippen molar-refractivity contribution in [2.75, 3.05) is 26.7 Å². The van der Waals surface area contributed by atoms with Crippen molar-refractivity contribution < 1.29 is 4.79 Å². The predicted octanol–water partition coefficient (Wildman–Crippen LogP) is 2.82. The first-order valence-corrected chi connectivity index (χ1v) is 10.7. The number of pyridine rings is 1. The second-order valence-corrected chi connectivity index (χ2v) is 7.84. The Morgan fingerprint density at radius 3 is 2.55 bits per heavy atom. The molecule has 0 radical (unpaired) electrons. The zero-order chi connectivity index (χ0) is 21.5. The Bertz CT molecular complexity index is 870. The normalized spacial score (nSPS) is 14.8. The summed E-state index contributed by atoms with van der Waals surface area (Å²) >= 11 is 0. The molecule has 0 unspecified atom stereocenters. The van der Waals surface area contributed by atoms with E-state index in [-0.39, 0.29) is 29.9 Å². The molecule has 1 aliphatic heterocycles. The Morgan fingerprint density at radius 2 is 2.00 bits per heavy atom. The highest BCUT2D eigenvalue weighted by atomic mass is 127. The molecule has 1 amide bonds. The number of aryl methyl sites for hydroxylation is 2. The average Bonchev–Trinajstić information content (AvgIpc) is 3.10. The van der Waals surface area contributed by atoms with Gasteiger partial charge in [-0.1, -0.05) is 6.07 Å². The molecule has 9 heteroatoms. The Hall–Kier alpha value is -2.17. The molecular weight excluding hydrogens is 505 g/mol. The van der Waals surface area contributed by atoms with Crippen LogP contribution in [0.5, 0.6) is 0 Å². The van der Waals surface area contributed by atoms with Crippen LogP contribution >= 0.6 is 24.0 Å². The second-order valence-electron chi connectivity index (χ2n) is 7.84. The first kappa shape index (κ1) is 25.1. The lowest BCUT2D eigenvalue weighted by Crippen LogP contribution is -2.46. The van der Waals surface area contributed by atoms with Gasteiger partial charge in [0.1, 0.15) is 0 Å². The molecule has 1 aliphatic rings. The Morgan fingerprint density at radius 1 is 1.26 bits per heavy atom. The summed E-state index contributed by atoms with van der Waals surface area (Å²) in [6, 6.07) is 6.09. The van der Waals surface area contributed by atoms with Crippen molar-refractivity contribution in [1.29, 1.82) is 0 Å². The highest BCUT2D eigenvalue weighted by Gasteiger charge is 2.23. The van der Waals surface area contributed by atoms with Crippen molar-refractivity contribution >= 4 is 35.8 Å². The van der Waals surface area contributed by atoms with Crippen molar-refractivity contribution in [3.8, 4) is 5.82 Å². The van der Waals surface area contributed by atoms with Gasteiger partial charge in [0.25, 0.3) is 0 Å². The number of hydrogen-bond acceptors (Lipinski definition) is 4. The van der Waals surface area contributed by atoms with Crippen LogP contribution in [0.15, 0.2) is 29.4 Å². The highest BCUT2D eigenvalue weighted by molar-refractivity contribution is 14.0. The molecule has 2 N–H and O–H groups in total. The van der Waals surface area contributed by atoms with E-state index in [1.54, 1.807) is 7.05 Å². The van der Waals surface area contributed by atoms with Gasteiger partial charge in [-0.2, -0.15) is 5.10 Å². The van der Waals surface area contributed by atoms with E-state index in [4.69, 9.17) is 4.99 Å². The number of carbonyl (C=O) groups excluding carboxylic acids is 1. The number of aliphatic imine (C=N–C) groups is 1. The maximum absolute atomic E-state index is 11.6. The standard InChI is InChI=1S/C22H33N7O.HI/c1-5-24-22(28-10-8-18(9-11-28)13-21(30)23-4)26-15-19-6-7-20(25-14-19)29-17(3)12-16(2)27-29;/h6-7,12,14,18H,5,8-11,13,15H2,1-4H3,(H,23,30)(H,24,26);1H. The maximum Gasteiger partial charge on any atom is 0.220 e. The summed E-state index contributed by atoms with van der Waals surface area (Å²) in [7, 11) is 1.70. The molecule has 0 atom stereocenters. The number of halogens is 1. The van der Waals surface area contributed by atoms with Gasteiger partial charge in [0, 0.05) is 45.0 Å².